The SMILES string of the molecule is CCC(C)c1ccccc1OC(C)C(=O)Nc1ccccc1Br. The minimum absolute atomic E-state index is 0.171. The van der Waals surface area contributed by atoms with E-state index in [1.807, 2.05) is 42.5 Å². The predicted molar refractivity (Wildman–Crippen MR) is 98.0 cm³/mol. The first-order valence-corrected chi connectivity index (χ1v) is 8.63. The van der Waals surface area contributed by atoms with Gasteiger partial charge in [-0.25, -0.2) is 0 Å². The molecule has 0 heterocycles. The average molecular weight is 376 g/mol. The summed E-state index contributed by atoms with van der Waals surface area (Å²) < 4.78 is 6.76. The van der Waals surface area contributed by atoms with Crippen LogP contribution in [0.3, 0.4) is 0 Å². The van der Waals surface area contributed by atoms with Crippen molar-refractivity contribution in [1.82, 2.24) is 0 Å². The van der Waals surface area contributed by atoms with Gasteiger partial charge < -0.3 is 10.1 Å². The maximum atomic E-state index is 12.4. The molecule has 2 aromatic rings. The summed E-state index contributed by atoms with van der Waals surface area (Å²) in [5.74, 6) is 0.997. The fourth-order valence-electron chi connectivity index (χ4n) is 2.26. The Hall–Kier alpha value is -1.81. The monoisotopic (exact) mass is 375 g/mol. The lowest BCUT2D eigenvalue weighted by Gasteiger charge is -2.20. The zero-order chi connectivity index (χ0) is 16.8. The number of hydrogen-bond acceptors (Lipinski definition) is 2. The average Bonchev–Trinajstić information content (AvgIpc) is 2.56. The van der Waals surface area contributed by atoms with E-state index >= 15 is 0 Å². The normalized spacial score (nSPS) is 13.2. The quantitative estimate of drug-likeness (QED) is 0.736. The highest BCUT2D eigenvalue weighted by Crippen LogP contribution is 2.29. The molecule has 4 heteroatoms. The summed E-state index contributed by atoms with van der Waals surface area (Å²) in [5.41, 5.74) is 1.87. The highest BCUT2D eigenvalue weighted by Gasteiger charge is 2.18. The van der Waals surface area contributed by atoms with Crippen molar-refractivity contribution >= 4 is 27.5 Å². The third kappa shape index (κ3) is 4.58. The van der Waals surface area contributed by atoms with E-state index in [9.17, 15) is 4.79 Å². The number of carbonyl (C=O) groups is 1. The van der Waals surface area contributed by atoms with Crippen LogP contribution in [0.5, 0.6) is 5.75 Å². The van der Waals surface area contributed by atoms with Gasteiger partial charge in [0.2, 0.25) is 0 Å². The number of anilines is 1. The number of ether oxygens (including phenoxy) is 1. The molecule has 0 saturated carbocycles. The second-order valence-electron chi connectivity index (χ2n) is 5.58. The van der Waals surface area contributed by atoms with Crippen molar-refractivity contribution in [2.45, 2.75) is 39.2 Å². The fraction of sp³-hybridized carbons (Fsp3) is 0.316. The van der Waals surface area contributed by atoms with Crippen LogP contribution < -0.4 is 10.1 Å². The molecule has 122 valence electrons. The number of halogens is 1. The second kappa shape index (κ2) is 8.16. The molecular weight excluding hydrogens is 354 g/mol. The fourth-order valence-corrected chi connectivity index (χ4v) is 2.64. The summed E-state index contributed by atoms with van der Waals surface area (Å²) in [6.07, 6.45) is 0.449. The third-order valence-electron chi connectivity index (χ3n) is 3.87. The van der Waals surface area contributed by atoms with Gasteiger partial charge in [0.25, 0.3) is 5.91 Å². The molecule has 2 aromatic carbocycles. The Morgan fingerprint density at radius 1 is 1.13 bits per heavy atom. The lowest BCUT2D eigenvalue weighted by molar-refractivity contribution is -0.122. The van der Waals surface area contributed by atoms with Gasteiger partial charge in [0.1, 0.15) is 5.75 Å². The molecule has 0 spiro atoms. The molecule has 0 saturated heterocycles. The highest BCUT2D eigenvalue weighted by molar-refractivity contribution is 9.10. The Balaban J connectivity index is 2.09. The molecule has 2 atom stereocenters. The van der Waals surface area contributed by atoms with Crippen LogP contribution in [-0.4, -0.2) is 12.0 Å². The zero-order valence-electron chi connectivity index (χ0n) is 13.7. The van der Waals surface area contributed by atoms with Crippen molar-refractivity contribution in [1.29, 1.82) is 0 Å². The van der Waals surface area contributed by atoms with Gasteiger partial charge in [0.15, 0.2) is 6.10 Å². The molecule has 1 amide bonds. The van der Waals surface area contributed by atoms with Crippen LogP contribution in [0.25, 0.3) is 0 Å². The number of nitrogens with one attached hydrogen (secondary N) is 1. The molecule has 3 nitrogen and oxygen atoms in total. The van der Waals surface area contributed by atoms with Crippen molar-refractivity contribution in [2.75, 3.05) is 5.32 Å². The first-order valence-electron chi connectivity index (χ1n) is 7.84. The van der Waals surface area contributed by atoms with E-state index in [2.05, 4.69) is 41.2 Å². The largest absolute Gasteiger partial charge is 0.481 e. The summed E-state index contributed by atoms with van der Waals surface area (Å²) >= 11 is 3.43. The molecule has 0 aliphatic rings. The first kappa shape index (κ1) is 17.5. The standard InChI is InChI=1S/C19H22BrNO2/c1-4-13(2)15-9-5-8-12-18(15)23-14(3)19(22)21-17-11-7-6-10-16(17)20/h5-14H,4H2,1-3H3,(H,21,22). The number of carbonyl (C=O) groups excluding carboxylic acids is 1. The van der Waals surface area contributed by atoms with Crippen LogP contribution in [0.1, 0.15) is 38.7 Å². The van der Waals surface area contributed by atoms with Gasteiger partial charge in [-0.2, -0.15) is 0 Å². The first-order chi connectivity index (χ1) is 11.0. The van der Waals surface area contributed by atoms with E-state index in [1.165, 1.54) is 0 Å². The number of amides is 1. The number of benzene rings is 2. The Morgan fingerprint density at radius 2 is 1.78 bits per heavy atom. The maximum Gasteiger partial charge on any atom is 0.265 e. The third-order valence-corrected chi connectivity index (χ3v) is 4.56. The number of para-hydroxylation sites is 2. The summed E-state index contributed by atoms with van der Waals surface area (Å²) in [4.78, 5) is 12.4. The van der Waals surface area contributed by atoms with E-state index in [4.69, 9.17) is 4.74 Å². The molecular formula is C19H22BrNO2. The van der Waals surface area contributed by atoms with E-state index in [-0.39, 0.29) is 5.91 Å². The second-order valence-corrected chi connectivity index (χ2v) is 6.43. The van der Waals surface area contributed by atoms with Crippen LogP contribution in [-0.2, 0) is 4.79 Å². The highest BCUT2D eigenvalue weighted by atomic mass is 79.9. The molecule has 2 rings (SSSR count). The molecule has 0 radical (unpaired) electrons. The lowest BCUT2D eigenvalue weighted by atomic mass is 9.98. The Labute approximate surface area is 146 Å². The summed E-state index contributed by atoms with van der Waals surface area (Å²) in [6, 6.07) is 15.4. The zero-order valence-corrected chi connectivity index (χ0v) is 15.3. The number of hydrogen-bond donors (Lipinski definition) is 1. The van der Waals surface area contributed by atoms with E-state index < -0.39 is 6.10 Å². The molecule has 0 bridgehead atoms. The summed E-state index contributed by atoms with van der Waals surface area (Å²) in [7, 11) is 0. The topological polar surface area (TPSA) is 38.3 Å². The minimum Gasteiger partial charge on any atom is -0.481 e. The molecule has 0 aliphatic heterocycles. The van der Waals surface area contributed by atoms with Crippen molar-refractivity contribution in [2.24, 2.45) is 0 Å². The summed E-state index contributed by atoms with van der Waals surface area (Å²) in [5, 5.41) is 2.88. The number of rotatable bonds is 6. The molecule has 23 heavy (non-hydrogen) atoms. The van der Waals surface area contributed by atoms with Crippen molar-refractivity contribution in [3.8, 4) is 5.75 Å². The van der Waals surface area contributed by atoms with Crippen LogP contribution in [0, 0.1) is 0 Å². The van der Waals surface area contributed by atoms with Crippen molar-refractivity contribution in [3.63, 3.8) is 0 Å². The minimum atomic E-state index is -0.577. The van der Waals surface area contributed by atoms with Gasteiger partial charge in [-0.3, -0.25) is 4.79 Å². The maximum absolute atomic E-state index is 12.4. The van der Waals surface area contributed by atoms with E-state index in [0.717, 1.165) is 27.9 Å². The molecule has 0 aliphatic carbocycles. The molecule has 0 fully saturated rings. The molecule has 1 N–H and O–H groups in total. The summed E-state index contributed by atoms with van der Waals surface area (Å²) in [6.45, 7) is 6.07. The van der Waals surface area contributed by atoms with Crippen molar-refractivity contribution < 1.29 is 9.53 Å². The van der Waals surface area contributed by atoms with Gasteiger partial charge in [0.05, 0.1) is 5.69 Å². The van der Waals surface area contributed by atoms with Crippen LogP contribution in [0.2, 0.25) is 0 Å². The predicted octanol–water partition coefficient (Wildman–Crippen LogP) is 5.37. The van der Waals surface area contributed by atoms with Gasteiger partial charge >= 0.3 is 0 Å². The van der Waals surface area contributed by atoms with Gasteiger partial charge in [-0.15, -0.1) is 0 Å². The van der Waals surface area contributed by atoms with Gasteiger partial charge in [-0.1, -0.05) is 44.2 Å². The molecule has 0 aromatic heterocycles. The van der Waals surface area contributed by atoms with Crippen LogP contribution in [0.15, 0.2) is 53.0 Å². The lowest BCUT2D eigenvalue weighted by Crippen LogP contribution is -2.30. The Bertz CT molecular complexity index is 672. The van der Waals surface area contributed by atoms with Crippen molar-refractivity contribution in [3.05, 3.63) is 58.6 Å². The van der Waals surface area contributed by atoms with E-state index in [1.54, 1.807) is 6.92 Å². The van der Waals surface area contributed by atoms with Gasteiger partial charge in [0, 0.05) is 4.47 Å². The Kier molecular flexibility index (Phi) is 6.22. The Morgan fingerprint density at radius 3 is 2.48 bits per heavy atom. The molecule has 2 unspecified atom stereocenters. The smallest absolute Gasteiger partial charge is 0.265 e. The van der Waals surface area contributed by atoms with Gasteiger partial charge in [-0.05, 0) is 59.0 Å². The van der Waals surface area contributed by atoms with E-state index in [0.29, 0.717) is 5.92 Å². The van der Waals surface area contributed by atoms with Crippen LogP contribution >= 0.6 is 15.9 Å². The van der Waals surface area contributed by atoms with Crippen LogP contribution in [0.4, 0.5) is 5.69 Å².